The molecule has 3 rings (SSSR count). The third-order valence-corrected chi connectivity index (χ3v) is 6.01. The van der Waals surface area contributed by atoms with E-state index in [4.69, 9.17) is 28.1 Å². The molecular weight excluding hydrogens is 451 g/mol. The lowest BCUT2D eigenvalue weighted by Gasteiger charge is -2.13. The number of esters is 1. The summed E-state index contributed by atoms with van der Waals surface area (Å²) < 4.78 is 10.5. The van der Waals surface area contributed by atoms with Gasteiger partial charge in [0.05, 0.1) is 12.4 Å². The van der Waals surface area contributed by atoms with Crippen molar-refractivity contribution in [3.8, 4) is 11.5 Å². The molecule has 2 amide bonds. The zero-order valence-corrected chi connectivity index (χ0v) is 18.1. The summed E-state index contributed by atoms with van der Waals surface area (Å²) in [6.07, 6.45) is 0.720. The highest BCUT2D eigenvalue weighted by molar-refractivity contribution is 8.15. The van der Waals surface area contributed by atoms with Crippen molar-refractivity contribution >= 4 is 52.3 Å². The number of nitrogens with one attached hydrogen (secondary N) is 2. The van der Waals surface area contributed by atoms with Crippen molar-refractivity contribution in [3.63, 3.8) is 0 Å². The van der Waals surface area contributed by atoms with Gasteiger partial charge in [0.25, 0.3) is 5.24 Å². The van der Waals surface area contributed by atoms with E-state index in [0.29, 0.717) is 29.4 Å². The average molecular weight is 469 g/mol. The lowest BCUT2D eigenvalue weighted by atomic mass is 10.1. The SMILES string of the molecule is COC(=O)[C@H](Cc1ccc(Oc2ccc(CC3SC(=O)NC3=O)c(Cl)c2)cc1)NCl. The predicted molar refractivity (Wildman–Crippen MR) is 115 cm³/mol. The summed E-state index contributed by atoms with van der Waals surface area (Å²) in [6, 6.07) is 11.7. The molecule has 1 unspecified atom stereocenters. The van der Waals surface area contributed by atoms with Gasteiger partial charge in [-0.1, -0.05) is 41.6 Å². The Morgan fingerprint density at radius 1 is 1.20 bits per heavy atom. The Bertz CT molecular complexity index is 955. The molecular formula is C20H18Cl2N2O5S. The lowest BCUT2D eigenvalue weighted by molar-refractivity contribution is -0.142. The van der Waals surface area contributed by atoms with Gasteiger partial charge in [0, 0.05) is 5.02 Å². The summed E-state index contributed by atoms with van der Waals surface area (Å²) in [5.41, 5.74) is 1.63. The number of ether oxygens (including phenoxy) is 2. The van der Waals surface area contributed by atoms with Crippen molar-refractivity contribution in [2.24, 2.45) is 0 Å². The molecule has 158 valence electrons. The van der Waals surface area contributed by atoms with Gasteiger partial charge in [0.1, 0.15) is 17.5 Å². The number of halogens is 2. The van der Waals surface area contributed by atoms with Crippen LogP contribution < -0.4 is 14.9 Å². The summed E-state index contributed by atoms with van der Waals surface area (Å²) in [5, 5.41) is 1.89. The molecule has 0 aromatic heterocycles. The van der Waals surface area contributed by atoms with Crippen LogP contribution in [0.4, 0.5) is 4.79 Å². The van der Waals surface area contributed by atoms with Crippen molar-refractivity contribution in [1.29, 1.82) is 0 Å². The molecule has 0 radical (unpaired) electrons. The Kier molecular flexibility index (Phi) is 7.60. The fourth-order valence-electron chi connectivity index (χ4n) is 2.86. The maximum atomic E-state index is 11.7. The molecule has 7 nitrogen and oxygen atoms in total. The van der Waals surface area contributed by atoms with Gasteiger partial charge in [-0.25, -0.2) is 4.84 Å². The summed E-state index contributed by atoms with van der Waals surface area (Å²) in [6.45, 7) is 0. The summed E-state index contributed by atoms with van der Waals surface area (Å²) in [4.78, 5) is 37.0. The zero-order chi connectivity index (χ0) is 21.7. The number of imide groups is 1. The molecule has 2 atom stereocenters. The minimum Gasteiger partial charge on any atom is -0.468 e. The van der Waals surface area contributed by atoms with Gasteiger partial charge < -0.3 is 9.47 Å². The Balaban J connectivity index is 1.62. The monoisotopic (exact) mass is 468 g/mol. The van der Waals surface area contributed by atoms with Crippen LogP contribution in [0.15, 0.2) is 42.5 Å². The lowest BCUT2D eigenvalue weighted by Crippen LogP contribution is -2.33. The summed E-state index contributed by atoms with van der Waals surface area (Å²) in [5.74, 6) is 0.372. The maximum absolute atomic E-state index is 11.7. The van der Waals surface area contributed by atoms with E-state index in [0.717, 1.165) is 22.9 Å². The number of carbonyl (C=O) groups excluding carboxylic acids is 3. The Labute approximate surface area is 187 Å². The number of amides is 2. The predicted octanol–water partition coefficient (Wildman–Crippen LogP) is 3.85. The third-order valence-electron chi connectivity index (χ3n) is 4.41. The minimum atomic E-state index is -0.648. The molecule has 0 saturated carbocycles. The minimum absolute atomic E-state index is 0.305. The average Bonchev–Trinajstić information content (AvgIpc) is 3.05. The van der Waals surface area contributed by atoms with Gasteiger partial charge in [-0.3, -0.25) is 19.7 Å². The third kappa shape index (κ3) is 5.66. The van der Waals surface area contributed by atoms with Crippen molar-refractivity contribution in [2.45, 2.75) is 24.1 Å². The van der Waals surface area contributed by atoms with Gasteiger partial charge in [0.2, 0.25) is 5.91 Å². The number of thioether (sulfide) groups is 1. The molecule has 2 N–H and O–H groups in total. The molecule has 0 bridgehead atoms. The van der Waals surface area contributed by atoms with E-state index in [1.807, 2.05) is 12.1 Å². The molecule has 10 heteroatoms. The Morgan fingerprint density at radius 2 is 1.90 bits per heavy atom. The van der Waals surface area contributed by atoms with Crippen molar-refractivity contribution in [3.05, 3.63) is 58.6 Å². The molecule has 1 heterocycles. The van der Waals surface area contributed by atoms with Crippen LogP contribution in [0.2, 0.25) is 5.02 Å². The van der Waals surface area contributed by atoms with Crippen LogP contribution in [0.25, 0.3) is 0 Å². The van der Waals surface area contributed by atoms with Crippen LogP contribution in [0.1, 0.15) is 11.1 Å². The second-order valence-corrected chi connectivity index (χ2v) is 8.28. The van der Waals surface area contributed by atoms with E-state index in [1.54, 1.807) is 30.3 Å². The number of hydrogen-bond acceptors (Lipinski definition) is 7. The first kappa shape index (κ1) is 22.4. The van der Waals surface area contributed by atoms with Crippen LogP contribution in [0, 0.1) is 0 Å². The van der Waals surface area contributed by atoms with E-state index < -0.39 is 17.3 Å². The molecule has 1 aliphatic heterocycles. The highest BCUT2D eigenvalue weighted by Crippen LogP contribution is 2.30. The number of rotatable bonds is 8. The first-order valence-corrected chi connectivity index (χ1v) is 10.5. The molecule has 2 aromatic rings. The van der Waals surface area contributed by atoms with Crippen LogP contribution in [-0.2, 0) is 27.2 Å². The van der Waals surface area contributed by atoms with Gasteiger partial charge in [-0.05, 0) is 60.0 Å². The number of methoxy groups -OCH3 is 1. The molecule has 2 aromatic carbocycles. The van der Waals surface area contributed by atoms with Gasteiger partial charge in [0.15, 0.2) is 0 Å². The molecule has 1 aliphatic rings. The smallest absolute Gasteiger partial charge is 0.324 e. The van der Waals surface area contributed by atoms with Crippen molar-refractivity contribution in [1.82, 2.24) is 10.2 Å². The summed E-state index contributed by atoms with van der Waals surface area (Å²) in [7, 11) is 1.30. The zero-order valence-electron chi connectivity index (χ0n) is 15.8. The molecule has 0 aliphatic carbocycles. The van der Waals surface area contributed by atoms with E-state index in [1.165, 1.54) is 7.11 Å². The highest BCUT2D eigenvalue weighted by atomic mass is 35.5. The fourth-order valence-corrected chi connectivity index (χ4v) is 4.12. The number of carbonyl (C=O) groups is 3. The van der Waals surface area contributed by atoms with Gasteiger partial charge in [-0.2, -0.15) is 0 Å². The van der Waals surface area contributed by atoms with E-state index in [-0.39, 0.29) is 11.1 Å². The molecule has 0 spiro atoms. The van der Waals surface area contributed by atoms with Gasteiger partial charge in [-0.15, -0.1) is 0 Å². The summed E-state index contributed by atoms with van der Waals surface area (Å²) >= 11 is 12.9. The normalized spacial score (nSPS) is 16.8. The maximum Gasteiger partial charge on any atom is 0.324 e. The number of benzene rings is 2. The second kappa shape index (κ2) is 10.2. The molecule has 1 saturated heterocycles. The Morgan fingerprint density at radius 3 is 2.47 bits per heavy atom. The largest absolute Gasteiger partial charge is 0.468 e. The van der Waals surface area contributed by atoms with Crippen LogP contribution in [0.5, 0.6) is 11.5 Å². The highest BCUT2D eigenvalue weighted by Gasteiger charge is 2.32. The van der Waals surface area contributed by atoms with Gasteiger partial charge >= 0.3 is 5.97 Å². The number of hydrogen-bond donors (Lipinski definition) is 2. The van der Waals surface area contributed by atoms with Crippen LogP contribution in [-0.4, -0.2) is 35.5 Å². The van der Waals surface area contributed by atoms with E-state index in [2.05, 4.69) is 14.9 Å². The molecule has 1 fully saturated rings. The fraction of sp³-hybridized carbons (Fsp3) is 0.250. The Hall–Kier alpha value is -2.26. The van der Waals surface area contributed by atoms with E-state index in [9.17, 15) is 14.4 Å². The van der Waals surface area contributed by atoms with Crippen molar-refractivity contribution < 1.29 is 23.9 Å². The van der Waals surface area contributed by atoms with E-state index >= 15 is 0 Å². The standard InChI is InChI=1S/C20H18Cl2N2O5S/c1-28-19(26)16(24-22)8-11-2-5-13(6-3-11)29-14-7-4-12(15(21)10-14)9-17-18(25)23-20(27)30-17/h2-7,10,16-17,24H,8-9H2,1H3,(H,23,25,27)/t16-,17?/m0/s1. The van der Waals surface area contributed by atoms with Crippen molar-refractivity contribution in [2.75, 3.05) is 7.11 Å². The molecule has 30 heavy (non-hydrogen) atoms. The van der Waals surface area contributed by atoms with Crippen LogP contribution >= 0.6 is 35.1 Å². The van der Waals surface area contributed by atoms with Crippen LogP contribution in [0.3, 0.4) is 0 Å². The second-order valence-electron chi connectivity index (χ2n) is 6.48. The quantitative estimate of drug-likeness (QED) is 0.448. The topological polar surface area (TPSA) is 93.7 Å². The first-order valence-electron chi connectivity index (χ1n) is 8.90. The first-order chi connectivity index (χ1) is 14.4.